The number of pyridine rings is 1. The number of carbonyl (C=O) groups excluding carboxylic acids is 1. The van der Waals surface area contributed by atoms with Gasteiger partial charge in [-0.1, -0.05) is 48.2 Å². The zero-order chi connectivity index (χ0) is 18.8. The molecule has 1 saturated heterocycles. The Morgan fingerprint density at radius 1 is 1.07 bits per heavy atom. The number of nitrogens with two attached hydrogens (primary N) is 1. The molecule has 0 unspecified atom stereocenters. The van der Waals surface area contributed by atoms with Crippen molar-refractivity contribution < 1.29 is 4.79 Å². The maximum atomic E-state index is 11.6. The lowest BCUT2D eigenvalue weighted by atomic mass is 10.0. The summed E-state index contributed by atoms with van der Waals surface area (Å²) in [5.41, 5.74) is 8.27. The molecule has 27 heavy (non-hydrogen) atoms. The molecule has 0 radical (unpaired) electrons. The number of anilines is 1. The second-order valence-corrected chi connectivity index (χ2v) is 6.83. The normalized spacial score (nSPS) is 16.2. The minimum absolute atomic E-state index is 0.260. The largest absolute Gasteiger partial charge is 0.368 e. The van der Waals surface area contributed by atoms with Crippen LogP contribution in [0.25, 0.3) is 10.8 Å². The molecule has 0 bridgehead atoms. The number of rotatable bonds is 2. The molecule has 0 saturated carbocycles. The van der Waals surface area contributed by atoms with E-state index in [9.17, 15) is 4.79 Å². The molecule has 2 heterocycles. The summed E-state index contributed by atoms with van der Waals surface area (Å²) < 4.78 is 0. The molecule has 1 aliphatic rings. The monoisotopic (exact) mass is 355 g/mol. The second kappa shape index (κ2) is 7.13. The highest BCUT2D eigenvalue weighted by Gasteiger charge is 2.30. The highest BCUT2D eigenvalue weighted by atomic mass is 16.1. The Morgan fingerprint density at radius 3 is 2.67 bits per heavy atom. The molecular formula is C23H21N3O. The van der Waals surface area contributed by atoms with Crippen molar-refractivity contribution in [2.75, 3.05) is 11.4 Å². The molecule has 4 heteroatoms. The first-order chi connectivity index (χ1) is 13.1. The van der Waals surface area contributed by atoms with Crippen LogP contribution < -0.4 is 10.6 Å². The van der Waals surface area contributed by atoms with Gasteiger partial charge < -0.3 is 10.6 Å². The third-order valence-electron chi connectivity index (χ3n) is 5.07. The van der Waals surface area contributed by atoms with Crippen LogP contribution in [0, 0.1) is 18.8 Å². The summed E-state index contributed by atoms with van der Waals surface area (Å²) in [5.74, 6) is 7.04. The van der Waals surface area contributed by atoms with E-state index in [0.29, 0.717) is 0 Å². The third-order valence-corrected chi connectivity index (χ3v) is 5.07. The maximum Gasteiger partial charge on any atom is 0.240 e. The molecule has 4 rings (SSSR count). The number of aromatic nitrogens is 1. The van der Waals surface area contributed by atoms with E-state index >= 15 is 0 Å². The van der Waals surface area contributed by atoms with E-state index in [1.165, 1.54) is 5.39 Å². The Balaban J connectivity index is 1.65. The van der Waals surface area contributed by atoms with Crippen molar-refractivity contribution in [2.24, 2.45) is 5.73 Å². The van der Waals surface area contributed by atoms with Gasteiger partial charge in [0.2, 0.25) is 5.91 Å². The summed E-state index contributed by atoms with van der Waals surface area (Å²) >= 11 is 0. The number of aryl methyl sites for hydroxylation is 1. The van der Waals surface area contributed by atoms with Gasteiger partial charge in [-0.25, -0.2) is 4.98 Å². The van der Waals surface area contributed by atoms with Gasteiger partial charge in [0.15, 0.2) is 0 Å². The van der Waals surface area contributed by atoms with Gasteiger partial charge in [0.1, 0.15) is 11.9 Å². The maximum absolute atomic E-state index is 11.6. The highest BCUT2D eigenvalue weighted by molar-refractivity contribution is 5.88. The number of hydrogen-bond acceptors (Lipinski definition) is 3. The fraction of sp³-hybridized carbons (Fsp3) is 0.217. The topological polar surface area (TPSA) is 59.2 Å². The molecule has 1 aliphatic heterocycles. The fourth-order valence-corrected chi connectivity index (χ4v) is 3.65. The predicted octanol–water partition coefficient (Wildman–Crippen LogP) is 3.40. The van der Waals surface area contributed by atoms with E-state index in [1.54, 1.807) is 0 Å². The Kier molecular flexibility index (Phi) is 4.52. The Hall–Kier alpha value is -3.32. The molecule has 1 fully saturated rings. The molecule has 4 nitrogen and oxygen atoms in total. The van der Waals surface area contributed by atoms with E-state index in [2.05, 4.69) is 35.0 Å². The van der Waals surface area contributed by atoms with Crippen LogP contribution in [0.4, 0.5) is 5.82 Å². The fourth-order valence-electron chi connectivity index (χ4n) is 3.65. The number of primary amides is 1. The van der Waals surface area contributed by atoms with Crippen molar-refractivity contribution in [1.29, 1.82) is 0 Å². The van der Waals surface area contributed by atoms with Gasteiger partial charge >= 0.3 is 0 Å². The van der Waals surface area contributed by atoms with E-state index < -0.39 is 0 Å². The van der Waals surface area contributed by atoms with Crippen LogP contribution in [0.3, 0.4) is 0 Å². The predicted molar refractivity (Wildman–Crippen MR) is 108 cm³/mol. The van der Waals surface area contributed by atoms with Crippen LogP contribution in [0.5, 0.6) is 0 Å². The Morgan fingerprint density at radius 2 is 1.85 bits per heavy atom. The van der Waals surface area contributed by atoms with Crippen molar-refractivity contribution in [2.45, 2.75) is 25.8 Å². The number of fused-ring (bicyclic) bond motifs is 1. The van der Waals surface area contributed by atoms with Crippen LogP contribution in [-0.2, 0) is 4.79 Å². The van der Waals surface area contributed by atoms with Gasteiger partial charge in [-0.3, -0.25) is 4.79 Å². The molecule has 1 amide bonds. The lowest BCUT2D eigenvalue weighted by Gasteiger charge is -2.23. The molecule has 1 atom stereocenters. The average Bonchev–Trinajstić information content (AvgIpc) is 3.17. The Bertz CT molecular complexity index is 1070. The first kappa shape index (κ1) is 17.1. The highest BCUT2D eigenvalue weighted by Crippen LogP contribution is 2.25. The standard InChI is InChI=1S/C23H21N3O/c1-16-17(11-12-19-8-4-7-18-6-2-3-9-20(18)19)13-14-22(25-16)26-15-5-10-21(26)23(24)27/h2-4,6-9,13-14,21H,5,10,15H2,1H3,(H2,24,27)/t21-/m1/s1. The van der Waals surface area contributed by atoms with Crippen molar-refractivity contribution in [3.05, 3.63) is 71.4 Å². The van der Waals surface area contributed by atoms with Crippen molar-refractivity contribution in [3.63, 3.8) is 0 Å². The summed E-state index contributed by atoms with van der Waals surface area (Å²) in [5, 5.41) is 2.33. The number of carbonyl (C=O) groups is 1. The van der Waals surface area contributed by atoms with Crippen LogP contribution in [-0.4, -0.2) is 23.5 Å². The number of nitrogens with zero attached hydrogens (tertiary/aromatic N) is 2. The summed E-state index contributed by atoms with van der Waals surface area (Å²) in [7, 11) is 0. The summed E-state index contributed by atoms with van der Waals surface area (Å²) in [4.78, 5) is 18.3. The SMILES string of the molecule is Cc1nc(N2CCC[C@@H]2C(N)=O)ccc1C#Cc1cccc2ccccc12. The second-order valence-electron chi connectivity index (χ2n) is 6.83. The first-order valence-corrected chi connectivity index (χ1v) is 9.17. The zero-order valence-electron chi connectivity index (χ0n) is 15.3. The van der Waals surface area contributed by atoms with Crippen molar-refractivity contribution >= 4 is 22.5 Å². The summed E-state index contributed by atoms with van der Waals surface area (Å²) in [6.45, 7) is 2.76. The minimum Gasteiger partial charge on any atom is -0.368 e. The van der Waals surface area contributed by atoms with Crippen molar-refractivity contribution in [3.8, 4) is 11.8 Å². The third kappa shape index (κ3) is 3.37. The molecule has 1 aromatic heterocycles. The van der Waals surface area contributed by atoms with Crippen molar-refractivity contribution in [1.82, 2.24) is 4.98 Å². The van der Waals surface area contributed by atoms with E-state index in [-0.39, 0.29) is 11.9 Å². The zero-order valence-corrected chi connectivity index (χ0v) is 15.3. The summed E-state index contributed by atoms with van der Waals surface area (Å²) in [6.07, 6.45) is 1.75. The van der Waals surface area contributed by atoms with Gasteiger partial charge in [0.25, 0.3) is 0 Å². The van der Waals surface area contributed by atoms with Crippen LogP contribution in [0.1, 0.15) is 29.7 Å². The molecule has 3 aromatic rings. The minimum atomic E-state index is -0.285. The van der Waals surface area contributed by atoms with Crippen LogP contribution >= 0.6 is 0 Å². The molecular weight excluding hydrogens is 334 g/mol. The molecule has 2 N–H and O–H groups in total. The van der Waals surface area contributed by atoms with Gasteiger partial charge in [-0.05, 0) is 48.7 Å². The molecule has 134 valence electrons. The van der Waals surface area contributed by atoms with Gasteiger partial charge in [-0.15, -0.1) is 0 Å². The molecule has 0 spiro atoms. The summed E-state index contributed by atoms with van der Waals surface area (Å²) in [6, 6.07) is 18.0. The van der Waals surface area contributed by atoms with Crippen LogP contribution in [0.2, 0.25) is 0 Å². The van der Waals surface area contributed by atoms with Crippen LogP contribution in [0.15, 0.2) is 54.6 Å². The van der Waals surface area contributed by atoms with Gasteiger partial charge in [-0.2, -0.15) is 0 Å². The smallest absolute Gasteiger partial charge is 0.240 e. The van der Waals surface area contributed by atoms with Gasteiger partial charge in [0, 0.05) is 17.7 Å². The number of benzene rings is 2. The van der Waals surface area contributed by atoms with E-state index in [1.807, 2.05) is 48.2 Å². The Labute approximate surface area is 159 Å². The van der Waals surface area contributed by atoms with Gasteiger partial charge in [0.05, 0.1) is 5.69 Å². The lowest BCUT2D eigenvalue weighted by Crippen LogP contribution is -2.40. The average molecular weight is 355 g/mol. The number of hydrogen-bond donors (Lipinski definition) is 1. The number of amides is 1. The molecule has 2 aromatic carbocycles. The van der Waals surface area contributed by atoms with E-state index in [0.717, 1.165) is 47.4 Å². The first-order valence-electron chi connectivity index (χ1n) is 9.17. The van der Waals surface area contributed by atoms with E-state index in [4.69, 9.17) is 5.73 Å². The quantitative estimate of drug-likeness (QED) is 0.717. The molecule has 0 aliphatic carbocycles. The lowest BCUT2D eigenvalue weighted by molar-refractivity contribution is -0.119.